The summed E-state index contributed by atoms with van der Waals surface area (Å²) in [5.74, 6) is 1.25. The minimum atomic E-state index is 0.529. The van der Waals surface area contributed by atoms with E-state index >= 15 is 0 Å². The molecule has 0 amide bonds. The highest BCUT2D eigenvalue weighted by molar-refractivity contribution is 6.30. The third kappa shape index (κ3) is 4.00. The summed E-state index contributed by atoms with van der Waals surface area (Å²) in [6.45, 7) is 0. The van der Waals surface area contributed by atoms with E-state index in [0.717, 1.165) is 33.8 Å². The van der Waals surface area contributed by atoms with Crippen molar-refractivity contribution in [1.29, 1.82) is 0 Å². The number of benzene rings is 3. The van der Waals surface area contributed by atoms with Crippen molar-refractivity contribution >= 4 is 51.3 Å². The molecule has 0 saturated heterocycles. The molecule has 0 saturated carbocycles. The van der Waals surface area contributed by atoms with Crippen LogP contribution in [-0.4, -0.2) is 24.1 Å². The summed E-state index contributed by atoms with van der Waals surface area (Å²) in [6, 6.07) is 23.6. The Labute approximate surface area is 169 Å². The normalized spacial score (nSPS) is 10.7. The maximum atomic E-state index is 6.14. The van der Waals surface area contributed by atoms with Crippen molar-refractivity contribution in [3.8, 4) is 0 Å². The van der Waals surface area contributed by atoms with Crippen LogP contribution in [0.4, 0.5) is 28.8 Å². The van der Waals surface area contributed by atoms with E-state index in [1.165, 1.54) is 0 Å². The Morgan fingerprint density at radius 2 is 1.57 bits per heavy atom. The number of anilines is 5. The van der Waals surface area contributed by atoms with Crippen LogP contribution in [0.2, 0.25) is 5.02 Å². The number of nitrogens with one attached hydrogen (secondary N) is 2. The van der Waals surface area contributed by atoms with E-state index in [4.69, 9.17) is 16.6 Å². The van der Waals surface area contributed by atoms with Gasteiger partial charge in [-0.15, -0.1) is 0 Å². The molecule has 0 fully saturated rings. The molecule has 0 radical (unpaired) electrons. The van der Waals surface area contributed by atoms with Crippen molar-refractivity contribution in [2.24, 2.45) is 0 Å². The highest BCUT2D eigenvalue weighted by atomic mass is 35.5. The molecule has 2 N–H and O–H groups in total. The van der Waals surface area contributed by atoms with Crippen LogP contribution in [0.15, 0.2) is 72.8 Å². The summed E-state index contributed by atoms with van der Waals surface area (Å²) >= 11 is 6.14. The third-order valence-corrected chi connectivity index (χ3v) is 4.55. The van der Waals surface area contributed by atoms with Crippen LogP contribution in [0.3, 0.4) is 0 Å². The topological polar surface area (TPSA) is 53.1 Å². The fourth-order valence-corrected chi connectivity index (χ4v) is 3.09. The maximum absolute atomic E-state index is 6.14. The predicted octanol–water partition coefficient (Wildman–Crippen LogP) is 5.84. The Bertz CT molecular complexity index is 1110. The molecule has 28 heavy (non-hydrogen) atoms. The van der Waals surface area contributed by atoms with Crippen LogP contribution in [0.5, 0.6) is 0 Å². The van der Waals surface area contributed by atoms with E-state index in [1.54, 1.807) is 0 Å². The quantitative estimate of drug-likeness (QED) is 0.449. The summed E-state index contributed by atoms with van der Waals surface area (Å²) in [6.07, 6.45) is 0. The van der Waals surface area contributed by atoms with Crippen molar-refractivity contribution in [3.63, 3.8) is 0 Å². The summed E-state index contributed by atoms with van der Waals surface area (Å²) in [5.41, 5.74) is 3.73. The van der Waals surface area contributed by atoms with Gasteiger partial charge in [0.25, 0.3) is 0 Å². The zero-order chi connectivity index (χ0) is 19.5. The number of aromatic nitrogens is 2. The highest BCUT2D eigenvalue weighted by Crippen LogP contribution is 2.30. The molecule has 0 aliphatic heterocycles. The lowest BCUT2D eigenvalue weighted by Crippen LogP contribution is -2.09. The minimum Gasteiger partial charge on any atom is -0.378 e. The first-order valence-electron chi connectivity index (χ1n) is 8.92. The molecule has 0 aliphatic rings. The molecule has 0 unspecified atom stereocenters. The van der Waals surface area contributed by atoms with Gasteiger partial charge in [0, 0.05) is 41.6 Å². The van der Waals surface area contributed by atoms with Gasteiger partial charge < -0.3 is 15.5 Å². The average Bonchev–Trinajstić information content (AvgIpc) is 2.68. The number of hydrogen-bond acceptors (Lipinski definition) is 5. The van der Waals surface area contributed by atoms with E-state index in [0.29, 0.717) is 11.0 Å². The van der Waals surface area contributed by atoms with Crippen LogP contribution in [0.25, 0.3) is 10.9 Å². The van der Waals surface area contributed by atoms with E-state index in [9.17, 15) is 0 Å². The molecule has 4 rings (SSSR count). The molecule has 6 heteroatoms. The van der Waals surface area contributed by atoms with E-state index < -0.39 is 0 Å². The number of para-hydroxylation sites is 1. The highest BCUT2D eigenvalue weighted by Gasteiger charge is 2.11. The summed E-state index contributed by atoms with van der Waals surface area (Å²) in [4.78, 5) is 11.5. The fraction of sp³-hybridized carbons (Fsp3) is 0.0909. The molecular weight excluding hydrogens is 370 g/mol. The average molecular weight is 390 g/mol. The van der Waals surface area contributed by atoms with Gasteiger partial charge in [-0.3, -0.25) is 0 Å². The van der Waals surface area contributed by atoms with Gasteiger partial charge in [0.1, 0.15) is 5.82 Å². The molecule has 1 heterocycles. The number of halogens is 1. The van der Waals surface area contributed by atoms with Crippen LogP contribution in [0, 0.1) is 0 Å². The summed E-state index contributed by atoms with van der Waals surface area (Å²) in [7, 11) is 4.02. The summed E-state index contributed by atoms with van der Waals surface area (Å²) in [5, 5.41) is 8.26. The molecule has 4 aromatic rings. The van der Waals surface area contributed by atoms with Crippen molar-refractivity contribution in [3.05, 3.63) is 77.8 Å². The second-order valence-corrected chi connectivity index (χ2v) is 7.05. The number of nitrogens with zero attached hydrogens (tertiary/aromatic N) is 3. The standard InChI is InChI=1S/C22H20ClN5/c1-28(2)18-11-12-20-19(14-18)21(24-17-10-6-7-15(23)13-17)27-22(26-20)25-16-8-4-3-5-9-16/h3-14H,1-2H3,(H2,24,25,26,27). The maximum Gasteiger partial charge on any atom is 0.229 e. The molecule has 5 nitrogen and oxygen atoms in total. The molecule has 0 atom stereocenters. The zero-order valence-electron chi connectivity index (χ0n) is 15.6. The third-order valence-electron chi connectivity index (χ3n) is 4.31. The first kappa shape index (κ1) is 18.1. The van der Waals surface area contributed by atoms with Gasteiger partial charge in [-0.25, -0.2) is 4.98 Å². The Balaban J connectivity index is 1.81. The van der Waals surface area contributed by atoms with Crippen LogP contribution < -0.4 is 15.5 Å². The van der Waals surface area contributed by atoms with Crippen molar-refractivity contribution in [1.82, 2.24) is 9.97 Å². The first-order chi connectivity index (χ1) is 13.6. The van der Waals surface area contributed by atoms with Crippen LogP contribution >= 0.6 is 11.6 Å². The first-order valence-corrected chi connectivity index (χ1v) is 9.30. The van der Waals surface area contributed by atoms with Gasteiger partial charge in [-0.05, 0) is 48.5 Å². The Hall–Kier alpha value is -3.31. The second-order valence-electron chi connectivity index (χ2n) is 6.62. The molecule has 0 aliphatic carbocycles. The lowest BCUT2D eigenvalue weighted by Gasteiger charge is -2.16. The SMILES string of the molecule is CN(C)c1ccc2nc(Nc3ccccc3)nc(Nc3cccc(Cl)c3)c2c1. The zero-order valence-corrected chi connectivity index (χ0v) is 16.4. The van der Waals surface area contributed by atoms with Crippen LogP contribution in [-0.2, 0) is 0 Å². The van der Waals surface area contributed by atoms with Gasteiger partial charge in [-0.2, -0.15) is 4.98 Å². The van der Waals surface area contributed by atoms with Gasteiger partial charge in [0.15, 0.2) is 0 Å². The molecule has 140 valence electrons. The van der Waals surface area contributed by atoms with Crippen molar-refractivity contribution < 1.29 is 0 Å². The molecule has 0 bridgehead atoms. The number of fused-ring (bicyclic) bond motifs is 1. The summed E-state index contributed by atoms with van der Waals surface area (Å²) < 4.78 is 0. The molecular formula is C22H20ClN5. The lowest BCUT2D eigenvalue weighted by molar-refractivity contribution is 1.13. The number of rotatable bonds is 5. The van der Waals surface area contributed by atoms with Gasteiger partial charge >= 0.3 is 0 Å². The van der Waals surface area contributed by atoms with Crippen molar-refractivity contribution in [2.45, 2.75) is 0 Å². The second kappa shape index (κ2) is 7.74. The number of hydrogen-bond donors (Lipinski definition) is 2. The Kier molecular flexibility index (Phi) is 5.00. The molecule has 1 aromatic heterocycles. The van der Waals surface area contributed by atoms with E-state index in [2.05, 4.69) is 26.6 Å². The lowest BCUT2D eigenvalue weighted by atomic mass is 10.2. The van der Waals surface area contributed by atoms with Gasteiger partial charge in [-0.1, -0.05) is 35.9 Å². The Morgan fingerprint density at radius 1 is 0.786 bits per heavy atom. The monoisotopic (exact) mass is 389 g/mol. The van der Waals surface area contributed by atoms with Crippen LogP contribution in [0.1, 0.15) is 0 Å². The molecule has 3 aromatic carbocycles. The van der Waals surface area contributed by atoms with E-state index in [-0.39, 0.29) is 0 Å². The van der Waals surface area contributed by atoms with Gasteiger partial charge in [0.2, 0.25) is 5.95 Å². The fourth-order valence-electron chi connectivity index (χ4n) is 2.90. The Morgan fingerprint density at radius 3 is 2.32 bits per heavy atom. The smallest absolute Gasteiger partial charge is 0.229 e. The van der Waals surface area contributed by atoms with Gasteiger partial charge in [0.05, 0.1) is 5.52 Å². The largest absolute Gasteiger partial charge is 0.378 e. The van der Waals surface area contributed by atoms with E-state index in [1.807, 2.05) is 80.8 Å². The molecule has 0 spiro atoms. The minimum absolute atomic E-state index is 0.529. The van der Waals surface area contributed by atoms with Crippen molar-refractivity contribution in [2.75, 3.05) is 29.6 Å². The predicted molar refractivity (Wildman–Crippen MR) is 118 cm³/mol.